The third-order valence-electron chi connectivity index (χ3n) is 4.58. The first-order valence-electron chi connectivity index (χ1n) is 8.14. The van der Waals surface area contributed by atoms with Crippen LogP contribution in [0.3, 0.4) is 0 Å². The Morgan fingerprint density at radius 3 is 2.80 bits per heavy atom. The van der Waals surface area contributed by atoms with Crippen LogP contribution in [-0.2, 0) is 28.9 Å². The van der Waals surface area contributed by atoms with Crippen LogP contribution in [0.15, 0.2) is 52.6 Å². The third kappa shape index (κ3) is 2.70. The molecule has 1 aliphatic rings. The summed E-state index contributed by atoms with van der Waals surface area (Å²) in [6.45, 7) is 0.632. The minimum atomic E-state index is -0.302. The molecule has 0 atom stereocenters. The molecule has 4 rings (SSSR count). The van der Waals surface area contributed by atoms with Gasteiger partial charge in [0.05, 0.1) is 24.1 Å². The van der Waals surface area contributed by atoms with E-state index in [1.54, 1.807) is 11.3 Å². The lowest BCUT2D eigenvalue weighted by molar-refractivity contribution is -0.139. The Morgan fingerprint density at radius 2 is 2.04 bits per heavy atom. The predicted molar refractivity (Wildman–Crippen MR) is 98.9 cm³/mol. The van der Waals surface area contributed by atoms with Crippen LogP contribution < -0.4 is 5.56 Å². The maximum atomic E-state index is 13.1. The van der Waals surface area contributed by atoms with Crippen LogP contribution >= 0.6 is 11.3 Å². The zero-order chi connectivity index (χ0) is 17.4. The molecule has 0 unspecified atom stereocenters. The molecular weight excluding hydrogens is 334 g/mol. The number of nitrogens with zero attached hydrogens (tertiary/aromatic N) is 1. The summed E-state index contributed by atoms with van der Waals surface area (Å²) in [5.41, 5.74) is 4.44. The van der Waals surface area contributed by atoms with E-state index in [0.29, 0.717) is 12.1 Å². The van der Waals surface area contributed by atoms with Gasteiger partial charge in [-0.3, -0.25) is 9.59 Å². The molecule has 5 heteroatoms. The molecule has 0 N–H and O–H groups in total. The molecule has 0 saturated heterocycles. The van der Waals surface area contributed by atoms with Crippen LogP contribution in [0, 0.1) is 0 Å². The molecule has 4 nitrogen and oxygen atoms in total. The molecule has 0 fully saturated rings. The van der Waals surface area contributed by atoms with Crippen molar-refractivity contribution in [2.24, 2.45) is 0 Å². The molecule has 3 heterocycles. The fraction of sp³-hybridized carbons (Fsp3) is 0.200. The Bertz CT molecular complexity index is 1000. The summed E-state index contributed by atoms with van der Waals surface area (Å²) in [6, 6.07) is 13.5. The maximum absolute atomic E-state index is 13.1. The van der Waals surface area contributed by atoms with Crippen molar-refractivity contribution in [1.82, 2.24) is 4.57 Å². The van der Waals surface area contributed by atoms with Crippen molar-refractivity contribution in [2.45, 2.75) is 19.4 Å². The number of aromatic nitrogens is 1. The first-order chi connectivity index (χ1) is 12.2. The Hall–Kier alpha value is -2.66. The van der Waals surface area contributed by atoms with Gasteiger partial charge in [0.1, 0.15) is 0 Å². The summed E-state index contributed by atoms with van der Waals surface area (Å²) in [5.74, 6) is -0.302. The molecule has 0 aliphatic carbocycles. The number of aryl methyl sites for hydroxylation is 1. The average Bonchev–Trinajstić information content (AvgIpc) is 3.13. The number of pyridine rings is 1. The molecule has 0 radical (unpaired) electrons. The van der Waals surface area contributed by atoms with E-state index < -0.39 is 0 Å². The van der Waals surface area contributed by atoms with Gasteiger partial charge >= 0.3 is 5.97 Å². The number of ether oxygens (including phenoxy) is 1. The van der Waals surface area contributed by atoms with Gasteiger partial charge in [0.2, 0.25) is 0 Å². The molecule has 2 aromatic heterocycles. The number of carbonyl (C=O) groups excluding carboxylic acids is 1. The van der Waals surface area contributed by atoms with Gasteiger partial charge in [0.25, 0.3) is 5.56 Å². The Kier molecular flexibility index (Phi) is 4.01. The number of esters is 1. The van der Waals surface area contributed by atoms with Crippen molar-refractivity contribution in [3.8, 4) is 21.7 Å². The molecule has 126 valence electrons. The lowest BCUT2D eigenvalue weighted by Gasteiger charge is -2.23. The zero-order valence-corrected chi connectivity index (χ0v) is 14.6. The highest BCUT2D eigenvalue weighted by Crippen LogP contribution is 2.36. The minimum absolute atomic E-state index is 0.00568. The first-order valence-corrected chi connectivity index (χ1v) is 9.02. The van der Waals surface area contributed by atoms with Crippen molar-refractivity contribution in [3.05, 3.63) is 69.3 Å². The van der Waals surface area contributed by atoms with Gasteiger partial charge in [0.15, 0.2) is 0 Å². The number of rotatable bonds is 3. The van der Waals surface area contributed by atoms with Gasteiger partial charge < -0.3 is 9.30 Å². The normalized spacial score (nSPS) is 12.4. The van der Waals surface area contributed by atoms with Gasteiger partial charge in [-0.15, -0.1) is 11.3 Å². The van der Waals surface area contributed by atoms with E-state index in [1.807, 2.05) is 46.3 Å². The number of hydrogen-bond donors (Lipinski definition) is 0. The fourth-order valence-electron chi connectivity index (χ4n) is 3.37. The number of fused-ring (bicyclic) bond motifs is 3. The van der Waals surface area contributed by atoms with E-state index in [0.717, 1.165) is 28.1 Å². The lowest BCUT2D eigenvalue weighted by Crippen LogP contribution is -2.28. The second kappa shape index (κ2) is 6.33. The van der Waals surface area contributed by atoms with E-state index in [1.165, 1.54) is 12.7 Å². The molecule has 1 aromatic carbocycles. The minimum Gasteiger partial charge on any atom is -0.469 e. The quantitative estimate of drug-likeness (QED) is 0.679. The smallest absolute Gasteiger partial charge is 0.310 e. The van der Waals surface area contributed by atoms with Crippen LogP contribution in [0.25, 0.3) is 21.7 Å². The highest BCUT2D eigenvalue weighted by Gasteiger charge is 2.25. The van der Waals surface area contributed by atoms with E-state index >= 15 is 0 Å². The van der Waals surface area contributed by atoms with Gasteiger partial charge in [-0.25, -0.2) is 0 Å². The fourth-order valence-corrected chi connectivity index (χ4v) is 4.41. The Morgan fingerprint density at radius 1 is 1.24 bits per heavy atom. The van der Waals surface area contributed by atoms with E-state index in [-0.39, 0.29) is 17.9 Å². The Labute approximate surface area is 149 Å². The summed E-state index contributed by atoms with van der Waals surface area (Å²) in [7, 11) is 1.39. The van der Waals surface area contributed by atoms with Crippen molar-refractivity contribution in [3.63, 3.8) is 0 Å². The topological polar surface area (TPSA) is 48.3 Å². The largest absolute Gasteiger partial charge is 0.469 e. The predicted octanol–water partition coefficient (Wildman–Crippen LogP) is 3.52. The molecule has 3 aromatic rings. The summed E-state index contributed by atoms with van der Waals surface area (Å²) in [4.78, 5) is 26.1. The summed E-state index contributed by atoms with van der Waals surface area (Å²) < 4.78 is 6.69. The second-order valence-electron chi connectivity index (χ2n) is 6.03. The SMILES string of the molecule is COC(=O)Cc1cc(-c2ccccc2)c(=O)n2c1-c1sccc1CC2. The van der Waals surface area contributed by atoms with E-state index in [4.69, 9.17) is 4.74 Å². The van der Waals surface area contributed by atoms with Crippen LogP contribution in [-0.4, -0.2) is 17.6 Å². The lowest BCUT2D eigenvalue weighted by atomic mass is 9.97. The maximum Gasteiger partial charge on any atom is 0.310 e. The Balaban J connectivity index is 1.98. The van der Waals surface area contributed by atoms with Crippen molar-refractivity contribution in [1.29, 1.82) is 0 Å². The van der Waals surface area contributed by atoms with Gasteiger partial charge in [0, 0.05) is 12.1 Å². The zero-order valence-electron chi connectivity index (χ0n) is 13.8. The molecule has 0 amide bonds. The van der Waals surface area contributed by atoms with Crippen LogP contribution in [0.4, 0.5) is 0 Å². The number of benzene rings is 1. The van der Waals surface area contributed by atoms with E-state index in [2.05, 4.69) is 6.07 Å². The summed E-state index contributed by atoms with van der Waals surface area (Å²) >= 11 is 1.62. The van der Waals surface area contributed by atoms with E-state index in [9.17, 15) is 9.59 Å². The van der Waals surface area contributed by atoms with Gasteiger partial charge in [-0.05, 0) is 40.6 Å². The molecular formula is C20H17NO3S. The number of thiophene rings is 1. The highest BCUT2D eigenvalue weighted by molar-refractivity contribution is 7.13. The standard InChI is InChI=1S/C20H17NO3S/c1-24-17(22)12-15-11-16(13-5-3-2-4-6-13)20(23)21-9-7-14-8-10-25-19(14)18(15)21/h2-6,8,10-11H,7,9,12H2,1H3. The van der Waals surface area contributed by atoms with Gasteiger partial charge in [-0.2, -0.15) is 0 Å². The first kappa shape index (κ1) is 15.8. The molecule has 1 aliphatic heterocycles. The average molecular weight is 351 g/mol. The molecule has 0 spiro atoms. The second-order valence-corrected chi connectivity index (χ2v) is 6.95. The highest BCUT2D eigenvalue weighted by atomic mass is 32.1. The van der Waals surface area contributed by atoms with Crippen molar-refractivity contribution >= 4 is 17.3 Å². The summed E-state index contributed by atoms with van der Waals surface area (Å²) in [5, 5.41) is 2.04. The van der Waals surface area contributed by atoms with Crippen LogP contribution in [0.1, 0.15) is 11.1 Å². The monoisotopic (exact) mass is 351 g/mol. The van der Waals surface area contributed by atoms with Crippen LogP contribution in [0.5, 0.6) is 0 Å². The molecule has 25 heavy (non-hydrogen) atoms. The van der Waals surface area contributed by atoms with Crippen LogP contribution in [0.2, 0.25) is 0 Å². The number of hydrogen-bond acceptors (Lipinski definition) is 4. The van der Waals surface area contributed by atoms with Gasteiger partial charge in [-0.1, -0.05) is 30.3 Å². The van der Waals surface area contributed by atoms with Crippen molar-refractivity contribution in [2.75, 3.05) is 7.11 Å². The number of carbonyl (C=O) groups is 1. The molecule has 0 saturated carbocycles. The third-order valence-corrected chi connectivity index (χ3v) is 5.55. The molecule has 0 bridgehead atoms. The van der Waals surface area contributed by atoms with Crippen molar-refractivity contribution < 1.29 is 9.53 Å². The number of methoxy groups -OCH3 is 1. The summed E-state index contributed by atoms with van der Waals surface area (Å²) in [6.07, 6.45) is 0.991.